The second-order valence-corrected chi connectivity index (χ2v) is 5.24. The van der Waals surface area contributed by atoms with Crippen LogP contribution in [-0.2, 0) is 4.79 Å². The van der Waals surface area contributed by atoms with E-state index in [2.05, 4.69) is 25.9 Å². The molecular weight excluding hydrogens is 308 g/mol. The Hall–Kier alpha value is -1.75. The average molecular weight is 321 g/mol. The lowest BCUT2D eigenvalue weighted by molar-refractivity contribution is -0.138. The number of aryl methyl sites for hydroxylation is 1. The summed E-state index contributed by atoms with van der Waals surface area (Å²) in [6.45, 7) is 3.42. The van der Waals surface area contributed by atoms with E-state index in [0.717, 1.165) is 21.4 Å². The van der Waals surface area contributed by atoms with Gasteiger partial charge < -0.3 is 5.11 Å². The lowest BCUT2D eigenvalue weighted by Crippen LogP contribution is -2.12. The van der Waals surface area contributed by atoms with Crippen molar-refractivity contribution in [1.82, 2.24) is 9.97 Å². The van der Waals surface area contributed by atoms with Crippen molar-refractivity contribution in [3.8, 4) is 11.3 Å². The third-order valence-electron chi connectivity index (χ3n) is 2.77. The van der Waals surface area contributed by atoms with Gasteiger partial charge in [0.15, 0.2) is 0 Å². The standard InChI is InChI=1S/C14H13BrN2O2/c1-8-7-12(10-3-5-11(15)6-4-10)17-13(16-8)9(2)14(18)19/h3-7,9H,1-2H3,(H,18,19). The van der Waals surface area contributed by atoms with E-state index in [1.54, 1.807) is 6.92 Å². The van der Waals surface area contributed by atoms with Crippen LogP contribution in [0.25, 0.3) is 11.3 Å². The maximum absolute atomic E-state index is 11.0. The highest BCUT2D eigenvalue weighted by Gasteiger charge is 2.18. The van der Waals surface area contributed by atoms with Gasteiger partial charge in [-0.05, 0) is 32.0 Å². The van der Waals surface area contributed by atoms with Gasteiger partial charge in [-0.3, -0.25) is 4.79 Å². The number of aliphatic carboxylic acids is 1. The van der Waals surface area contributed by atoms with Crippen molar-refractivity contribution in [2.75, 3.05) is 0 Å². The molecule has 2 aromatic rings. The van der Waals surface area contributed by atoms with Crippen molar-refractivity contribution in [2.45, 2.75) is 19.8 Å². The molecule has 19 heavy (non-hydrogen) atoms. The van der Waals surface area contributed by atoms with Crippen molar-refractivity contribution >= 4 is 21.9 Å². The van der Waals surface area contributed by atoms with Crippen molar-refractivity contribution in [3.63, 3.8) is 0 Å². The zero-order valence-corrected chi connectivity index (χ0v) is 12.2. The maximum atomic E-state index is 11.0. The first-order valence-electron chi connectivity index (χ1n) is 5.81. The van der Waals surface area contributed by atoms with Gasteiger partial charge >= 0.3 is 5.97 Å². The summed E-state index contributed by atoms with van der Waals surface area (Å²) >= 11 is 3.38. The van der Waals surface area contributed by atoms with Gasteiger partial charge in [-0.25, -0.2) is 9.97 Å². The zero-order valence-electron chi connectivity index (χ0n) is 10.6. The summed E-state index contributed by atoms with van der Waals surface area (Å²) in [6, 6.07) is 9.56. The van der Waals surface area contributed by atoms with Crippen molar-refractivity contribution in [3.05, 3.63) is 46.3 Å². The third kappa shape index (κ3) is 3.17. The molecule has 0 aliphatic rings. The van der Waals surface area contributed by atoms with Crippen molar-refractivity contribution in [1.29, 1.82) is 0 Å². The number of carboxylic acids is 1. The first kappa shape index (κ1) is 13.7. The van der Waals surface area contributed by atoms with Gasteiger partial charge in [-0.1, -0.05) is 28.1 Å². The minimum Gasteiger partial charge on any atom is -0.481 e. The second-order valence-electron chi connectivity index (χ2n) is 4.32. The van der Waals surface area contributed by atoms with Gasteiger partial charge in [0.2, 0.25) is 0 Å². The molecule has 0 aliphatic carbocycles. The second kappa shape index (κ2) is 5.48. The van der Waals surface area contributed by atoms with Crippen molar-refractivity contribution in [2.24, 2.45) is 0 Å². The van der Waals surface area contributed by atoms with Crippen LogP contribution in [0.2, 0.25) is 0 Å². The Morgan fingerprint density at radius 3 is 2.47 bits per heavy atom. The van der Waals surface area contributed by atoms with E-state index >= 15 is 0 Å². The molecule has 0 saturated carbocycles. The number of hydrogen-bond acceptors (Lipinski definition) is 3. The highest BCUT2D eigenvalue weighted by atomic mass is 79.9. The molecular formula is C14H13BrN2O2. The minimum atomic E-state index is -0.924. The zero-order chi connectivity index (χ0) is 14.0. The van der Waals surface area contributed by atoms with Gasteiger partial charge in [0.05, 0.1) is 5.69 Å². The lowest BCUT2D eigenvalue weighted by atomic mass is 10.1. The maximum Gasteiger partial charge on any atom is 0.313 e. The van der Waals surface area contributed by atoms with Crippen LogP contribution < -0.4 is 0 Å². The molecule has 2 rings (SSSR count). The summed E-state index contributed by atoms with van der Waals surface area (Å²) in [5, 5.41) is 9.04. The monoisotopic (exact) mass is 320 g/mol. The molecule has 1 atom stereocenters. The van der Waals surface area contributed by atoms with Gasteiger partial charge in [-0.2, -0.15) is 0 Å². The molecule has 1 aromatic heterocycles. The number of hydrogen-bond donors (Lipinski definition) is 1. The van der Waals surface area contributed by atoms with Crippen LogP contribution in [0, 0.1) is 6.92 Å². The molecule has 0 spiro atoms. The lowest BCUT2D eigenvalue weighted by Gasteiger charge is -2.09. The van der Waals surface area contributed by atoms with E-state index in [-0.39, 0.29) is 0 Å². The first-order chi connectivity index (χ1) is 8.97. The highest BCUT2D eigenvalue weighted by molar-refractivity contribution is 9.10. The van der Waals surface area contributed by atoms with Crippen LogP contribution in [0.15, 0.2) is 34.8 Å². The summed E-state index contributed by atoms with van der Waals surface area (Å²) in [6.07, 6.45) is 0. The third-order valence-corrected chi connectivity index (χ3v) is 3.30. The Kier molecular flexibility index (Phi) is 3.95. The van der Waals surface area contributed by atoms with Gasteiger partial charge in [0.1, 0.15) is 11.7 Å². The van der Waals surface area contributed by atoms with Gasteiger partial charge in [0.25, 0.3) is 0 Å². The molecule has 1 heterocycles. The van der Waals surface area contributed by atoms with E-state index in [4.69, 9.17) is 5.11 Å². The number of carbonyl (C=O) groups is 1. The Morgan fingerprint density at radius 2 is 1.89 bits per heavy atom. The molecule has 5 heteroatoms. The predicted molar refractivity (Wildman–Crippen MR) is 76.0 cm³/mol. The average Bonchev–Trinajstić information content (AvgIpc) is 2.37. The number of nitrogens with zero attached hydrogens (tertiary/aromatic N) is 2. The molecule has 0 aliphatic heterocycles. The van der Waals surface area contributed by atoms with E-state index in [1.165, 1.54) is 0 Å². The number of carboxylic acid groups (broad SMARTS) is 1. The van der Waals surface area contributed by atoms with Crippen LogP contribution in [0.4, 0.5) is 0 Å². The fraction of sp³-hybridized carbons (Fsp3) is 0.214. The Morgan fingerprint density at radius 1 is 1.26 bits per heavy atom. The van der Waals surface area contributed by atoms with Crippen molar-refractivity contribution < 1.29 is 9.90 Å². The van der Waals surface area contributed by atoms with Crippen LogP contribution in [0.3, 0.4) is 0 Å². The molecule has 0 amide bonds. The quantitative estimate of drug-likeness (QED) is 0.941. The minimum absolute atomic E-state index is 0.338. The number of benzene rings is 1. The van der Waals surface area contributed by atoms with E-state index < -0.39 is 11.9 Å². The Balaban J connectivity index is 2.47. The number of rotatable bonds is 3. The molecule has 1 aromatic carbocycles. The van der Waals surface area contributed by atoms with Crippen LogP contribution >= 0.6 is 15.9 Å². The summed E-state index contributed by atoms with van der Waals surface area (Å²) in [5.74, 6) is -1.30. The summed E-state index contributed by atoms with van der Waals surface area (Å²) in [4.78, 5) is 19.6. The summed E-state index contributed by atoms with van der Waals surface area (Å²) < 4.78 is 0.987. The molecule has 1 unspecified atom stereocenters. The number of aromatic nitrogens is 2. The fourth-order valence-electron chi connectivity index (χ4n) is 1.66. The van der Waals surface area contributed by atoms with Crippen LogP contribution in [-0.4, -0.2) is 21.0 Å². The molecule has 0 fully saturated rings. The van der Waals surface area contributed by atoms with E-state index in [9.17, 15) is 4.79 Å². The fourth-order valence-corrected chi connectivity index (χ4v) is 1.93. The molecule has 0 radical (unpaired) electrons. The van der Waals surface area contributed by atoms with Gasteiger partial charge in [0, 0.05) is 15.7 Å². The van der Waals surface area contributed by atoms with Crippen LogP contribution in [0.5, 0.6) is 0 Å². The Labute approximate surface area is 119 Å². The predicted octanol–water partition coefficient (Wildman–Crippen LogP) is 3.40. The molecule has 1 N–H and O–H groups in total. The van der Waals surface area contributed by atoms with E-state index in [1.807, 2.05) is 37.3 Å². The molecule has 0 bridgehead atoms. The molecule has 98 valence electrons. The first-order valence-corrected chi connectivity index (χ1v) is 6.61. The summed E-state index contributed by atoms with van der Waals surface area (Å²) in [7, 11) is 0. The van der Waals surface area contributed by atoms with E-state index in [0.29, 0.717) is 5.82 Å². The SMILES string of the molecule is Cc1cc(-c2ccc(Br)cc2)nc(C(C)C(=O)O)n1. The molecule has 4 nitrogen and oxygen atoms in total. The van der Waals surface area contributed by atoms with Crippen LogP contribution in [0.1, 0.15) is 24.4 Å². The van der Waals surface area contributed by atoms with Gasteiger partial charge in [-0.15, -0.1) is 0 Å². The normalized spacial score (nSPS) is 12.2. The number of halogens is 1. The largest absolute Gasteiger partial charge is 0.481 e. The molecule has 0 saturated heterocycles. The topological polar surface area (TPSA) is 63.1 Å². The smallest absolute Gasteiger partial charge is 0.313 e. The Bertz CT molecular complexity index is 611. The highest BCUT2D eigenvalue weighted by Crippen LogP contribution is 2.22. The summed E-state index contributed by atoms with van der Waals surface area (Å²) in [5.41, 5.74) is 2.44.